The molecule has 0 atom stereocenters. The van der Waals surface area contributed by atoms with Gasteiger partial charge in [0.1, 0.15) is 0 Å². The topological polar surface area (TPSA) is 68.7 Å². The largest absolute Gasteiger partial charge is 0.323 e. The summed E-state index contributed by atoms with van der Waals surface area (Å²) in [6, 6.07) is 0. The minimum Gasteiger partial charge on any atom is -0.323 e. The van der Waals surface area contributed by atoms with Crippen molar-refractivity contribution in [3.05, 3.63) is 0 Å². The fourth-order valence-electron chi connectivity index (χ4n) is 0.598. The minimum absolute atomic E-state index is 0. The zero-order valence-electron chi connectivity index (χ0n) is 7.45. The van der Waals surface area contributed by atoms with Crippen LogP contribution in [0.25, 0.3) is 0 Å². The highest BCUT2D eigenvalue weighted by Crippen LogP contribution is 2.47. The molecule has 0 aliphatic carbocycles. The second-order valence-electron chi connectivity index (χ2n) is 2.37. The molecule has 0 aromatic rings. The SMILES string of the molecule is CCP(=O)(CC)CSC(N)=[NH2+].Cl. The summed E-state index contributed by atoms with van der Waals surface area (Å²) in [7, 11) is -1.95. The van der Waals surface area contributed by atoms with Gasteiger partial charge in [0.15, 0.2) is 0 Å². The molecule has 0 unspecified atom stereocenters. The van der Waals surface area contributed by atoms with E-state index >= 15 is 0 Å². The molecule has 0 saturated heterocycles. The van der Waals surface area contributed by atoms with E-state index in [9.17, 15) is 4.57 Å². The first-order valence-electron chi connectivity index (χ1n) is 3.62. The highest BCUT2D eigenvalue weighted by atomic mass is 35.5. The fourth-order valence-corrected chi connectivity index (χ4v) is 4.04. The van der Waals surface area contributed by atoms with Crippen molar-refractivity contribution in [1.29, 1.82) is 0 Å². The lowest BCUT2D eigenvalue weighted by atomic mass is 11.0. The summed E-state index contributed by atoms with van der Waals surface area (Å²) in [6.45, 7) is 3.88. The van der Waals surface area contributed by atoms with Crippen molar-refractivity contribution in [1.82, 2.24) is 0 Å². The van der Waals surface area contributed by atoms with Gasteiger partial charge in [0.05, 0.1) is 12.6 Å². The maximum atomic E-state index is 11.7. The first-order valence-corrected chi connectivity index (χ1v) is 6.86. The number of nitrogens with two attached hydrogens (primary N) is 2. The van der Waals surface area contributed by atoms with E-state index in [1.165, 1.54) is 11.8 Å². The number of amidine groups is 1. The van der Waals surface area contributed by atoms with Gasteiger partial charge >= 0.3 is 0 Å². The number of hydrogen-bond acceptors (Lipinski definition) is 2. The molecule has 0 amide bonds. The van der Waals surface area contributed by atoms with Crippen LogP contribution in [0, 0.1) is 0 Å². The van der Waals surface area contributed by atoms with E-state index in [2.05, 4.69) is 0 Å². The Kier molecular flexibility index (Phi) is 8.43. The molecule has 3 nitrogen and oxygen atoms in total. The van der Waals surface area contributed by atoms with Crippen LogP contribution in [-0.2, 0) is 4.57 Å². The Morgan fingerprint density at radius 2 is 1.92 bits per heavy atom. The predicted octanol–water partition coefficient (Wildman–Crippen LogP) is 0.576. The lowest BCUT2D eigenvalue weighted by Crippen LogP contribution is -2.43. The molecule has 0 aromatic heterocycles. The Hall–Kier alpha value is 0.340. The molecule has 4 N–H and O–H groups in total. The van der Waals surface area contributed by atoms with Crippen LogP contribution in [0.5, 0.6) is 0 Å². The Morgan fingerprint density at radius 1 is 1.50 bits per heavy atom. The third-order valence-electron chi connectivity index (χ3n) is 1.62. The first-order chi connectivity index (χ1) is 5.04. The minimum atomic E-state index is -1.95. The highest BCUT2D eigenvalue weighted by Gasteiger charge is 2.18. The molecule has 0 aliphatic heterocycles. The van der Waals surface area contributed by atoms with Crippen molar-refractivity contribution in [2.24, 2.45) is 5.73 Å². The molecule has 0 aromatic carbocycles. The van der Waals surface area contributed by atoms with Crippen LogP contribution in [0.4, 0.5) is 0 Å². The Balaban J connectivity index is 0. The van der Waals surface area contributed by atoms with Crippen LogP contribution in [0.2, 0.25) is 0 Å². The Morgan fingerprint density at radius 3 is 2.17 bits per heavy atom. The van der Waals surface area contributed by atoms with Crippen molar-refractivity contribution in [3.8, 4) is 0 Å². The number of rotatable bonds is 4. The number of thioether (sulfide) groups is 1. The number of halogens is 1. The lowest BCUT2D eigenvalue weighted by molar-refractivity contribution is -0.110. The molecular formula is C6H17ClN2OPS+. The monoisotopic (exact) mass is 231 g/mol. The van der Waals surface area contributed by atoms with E-state index in [1.54, 1.807) is 0 Å². The molecule has 0 spiro atoms. The number of hydrogen-bond donors (Lipinski definition) is 2. The Labute approximate surface area is 84.2 Å². The van der Waals surface area contributed by atoms with Gasteiger partial charge in [-0.3, -0.25) is 11.1 Å². The first kappa shape index (κ1) is 14.8. The van der Waals surface area contributed by atoms with Crippen molar-refractivity contribution < 1.29 is 9.97 Å². The third-order valence-corrected chi connectivity index (χ3v) is 6.66. The van der Waals surface area contributed by atoms with Gasteiger partial charge in [-0.15, -0.1) is 12.4 Å². The van der Waals surface area contributed by atoms with Gasteiger partial charge in [0.25, 0.3) is 5.17 Å². The molecular weight excluding hydrogens is 215 g/mol. The van der Waals surface area contributed by atoms with Gasteiger partial charge in [-0.25, -0.2) is 0 Å². The molecule has 0 aliphatic rings. The van der Waals surface area contributed by atoms with Gasteiger partial charge in [-0.1, -0.05) is 13.8 Å². The normalized spacial score (nSPS) is 10.5. The van der Waals surface area contributed by atoms with E-state index in [0.29, 0.717) is 10.7 Å². The van der Waals surface area contributed by atoms with Crippen LogP contribution >= 0.6 is 31.3 Å². The van der Waals surface area contributed by atoms with Gasteiger partial charge in [0.2, 0.25) is 0 Å². The molecule has 12 heavy (non-hydrogen) atoms. The van der Waals surface area contributed by atoms with Crippen molar-refractivity contribution in [3.63, 3.8) is 0 Å². The molecule has 0 fully saturated rings. The van der Waals surface area contributed by atoms with Crippen LogP contribution in [0.1, 0.15) is 13.8 Å². The third kappa shape index (κ3) is 5.92. The molecule has 0 rings (SSSR count). The summed E-state index contributed by atoms with van der Waals surface area (Å²) < 4.78 is 11.7. The summed E-state index contributed by atoms with van der Waals surface area (Å²) in [5.74, 6) is 0. The quantitative estimate of drug-likeness (QED) is 0.422. The molecule has 0 saturated carbocycles. The van der Waals surface area contributed by atoms with Crippen molar-refractivity contribution in [2.45, 2.75) is 13.8 Å². The fraction of sp³-hybridized carbons (Fsp3) is 0.833. The Bertz CT molecular complexity index is 180. The van der Waals surface area contributed by atoms with Gasteiger partial charge in [-0.2, -0.15) is 0 Å². The smallest absolute Gasteiger partial charge is 0.300 e. The second kappa shape index (κ2) is 6.81. The van der Waals surface area contributed by atoms with Crippen molar-refractivity contribution in [2.75, 3.05) is 17.8 Å². The maximum absolute atomic E-state index is 11.7. The zero-order valence-corrected chi connectivity index (χ0v) is 9.98. The van der Waals surface area contributed by atoms with Crippen LogP contribution in [0.15, 0.2) is 0 Å². The summed E-state index contributed by atoms with van der Waals surface area (Å²) in [4.78, 5) is 0. The summed E-state index contributed by atoms with van der Waals surface area (Å²) in [6.07, 6.45) is 1.48. The lowest BCUT2D eigenvalue weighted by Gasteiger charge is -2.10. The van der Waals surface area contributed by atoms with Gasteiger partial charge < -0.3 is 4.57 Å². The average molecular weight is 232 g/mol. The van der Waals surface area contributed by atoms with E-state index in [0.717, 1.165) is 12.3 Å². The summed E-state index contributed by atoms with van der Waals surface area (Å²) in [5, 5.41) is 5.56. The van der Waals surface area contributed by atoms with Gasteiger partial charge in [0, 0.05) is 0 Å². The molecule has 74 valence electrons. The maximum Gasteiger partial charge on any atom is 0.300 e. The van der Waals surface area contributed by atoms with Crippen LogP contribution in [0.3, 0.4) is 0 Å². The molecule has 0 bridgehead atoms. The average Bonchev–Trinajstić information content (AvgIpc) is 2.00. The standard InChI is InChI=1S/C6H15N2OPS.ClH/c1-3-10(9,4-2)5-11-6(7)8;/h3-5H2,1-2H3,(H3,7,8);1H/p+1. The van der Waals surface area contributed by atoms with Crippen LogP contribution < -0.4 is 11.1 Å². The predicted molar refractivity (Wildman–Crippen MR) is 59.5 cm³/mol. The zero-order chi connectivity index (χ0) is 8.91. The second-order valence-corrected chi connectivity index (χ2v) is 7.54. The molecule has 0 radical (unpaired) electrons. The summed E-state index contributed by atoms with van der Waals surface area (Å²) in [5.41, 5.74) is 5.83. The van der Waals surface area contributed by atoms with Crippen molar-refractivity contribution >= 4 is 36.5 Å². The highest BCUT2D eigenvalue weighted by molar-refractivity contribution is 8.17. The van der Waals surface area contributed by atoms with E-state index < -0.39 is 7.14 Å². The molecule has 0 heterocycles. The summed E-state index contributed by atoms with van der Waals surface area (Å²) >= 11 is 1.30. The van der Waals surface area contributed by atoms with Gasteiger partial charge in [-0.05, 0) is 24.1 Å². The molecule has 6 heteroatoms. The van der Waals surface area contributed by atoms with E-state index in [1.807, 2.05) is 13.8 Å². The van der Waals surface area contributed by atoms with E-state index in [-0.39, 0.29) is 12.4 Å². The van der Waals surface area contributed by atoms with E-state index in [4.69, 9.17) is 11.1 Å². The van der Waals surface area contributed by atoms with Crippen LogP contribution in [-0.4, -0.2) is 23.0 Å².